The highest BCUT2D eigenvalue weighted by atomic mass is 16.5. The number of carbonyl (C=O) groups is 1. The molecule has 0 bridgehead atoms. The van der Waals surface area contributed by atoms with Crippen molar-refractivity contribution in [2.75, 3.05) is 20.8 Å². The summed E-state index contributed by atoms with van der Waals surface area (Å²) in [6.07, 6.45) is 9.72. The van der Waals surface area contributed by atoms with Crippen molar-refractivity contribution in [1.82, 2.24) is 4.90 Å². The van der Waals surface area contributed by atoms with Gasteiger partial charge in [0, 0.05) is 18.7 Å². The summed E-state index contributed by atoms with van der Waals surface area (Å²) in [6.45, 7) is 2.45. The Hall–Kier alpha value is -2.15. The highest BCUT2D eigenvalue weighted by molar-refractivity contribution is 5.95. The molecule has 2 rings (SSSR count). The van der Waals surface area contributed by atoms with E-state index in [-0.39, 0.29) is 12.5 Å². The van der Waals surface area contributed by atoms with Gasteiger partial charge in [-0.25, -0.2) is 0 Å². The summed E-state index contributed by atoms with van der Waals surface area (Å²) in [4.78, 5) is 14.6. The molecular weight excluding hydrogens is 290 g/mol. The third-order valence-corrected chi connectivity index (χ3v) is 4.58. The predicted octanol–water partition coefficient (Wildman–Crippen LogP) is 3.36. The average molecular weight is 315 g/mol. The highest BCUT2D eigenvalue weighted by Gasteiger charge is 2.26. The van der Waals surface area contributed by atoms with E-state index in [9.17, 15) is 4.79 Å². The number of hydrogen-bond acceptors (Lipinski definition) is 3. The van der Waals surface area contributed by atoms with E-state index >= 15 is 0 Å². The van der Waals surface area contributed by atoms with Crippen molar-refractivity contribution < 1.29 is 14.3 Å². The number of methoxy groups -OCH3 is 1. The van der Waals surface area contributed by atoms with Crippen LogP contribution in [0.15, 0.2) is 18.2 Å². The largest absolute Gasteiger partial charge is 0.493 e. The number of terminal acetylenes is 1. The van der Waals surface area contributed by atoms with E-state index < -0.39 is 0 Å². The first kappa shape index (κ1) is 17.2. The van der Waals surface area contributed by atoms with Gasteiger partial charge in [0.2, 0.25) is 0 Å². The van der Waals surface area contributed by atoms with Crippen molar-refractivity contribution in [2.24, 2.45) is 5.92 Å². The first-order chi connectivity index (χ1) is 11.1. The monoisotopic (exact) mass is 315 g/mol. The Kier molecular flexibility index (Phi) is 5.92. The van der Waals surface area contributed by atoms with Crippen molar-refractivity contribution in [3.8, 4) is 23.8 Å². The van der Waals surface area contributed by atoms with Gasteiger partial charge in [0.1, 0.15) is 6.61 Å². The quantitative estimate of drug-likeness (QED) is 0.782. The molecule has 0 aliphatic heterocycles. The Labute approximate surface area is 138 Å². The molecule has 1 saturated carbocycles. The van der Waals surface area contributed by atoms with Crippen LogP contribution in [0.3, 0.4) is 0 Å². The molecule has 1 aromatic rings. The summed E-state index contributed by atoms with van der Waals surface area (Å²) < 4.78 is 10.7. The van der Waals surface area contributed by atoms with E-state index in [1.807, 2.05) is 11.9 Å². The molecule has 0 aromatic heterocycles. The number of hydrogen-bond donors (Lipinski definition) is 0. The molecule has 124 valence electrons. The third kappa shape index (κ3) is 4.19. The van der Waals surface area contributed by atoms with Gasteiger partial charge in [0.25, 0.3) is 5.91 Å². The Bertz CT molecular complexity index is 583. The van der Waals surface area contributed by atoms with Gasteiger partial charge in [-0.15, -0.1) is 6.42 Å². The standard InChI is InChI=1S/C19H25NO3/c1-5-12-23-17-11-8-15(13-18(17)22-4)19(21)20(3)16-9-6-14(2)7-10-16/h1,8,11,13-14,16H,6-7,9-10,12H2,2-4H3. The molecule has 0 radical (unpaired) electrons. The van der Waals surface area contributed by atoms with Crippen molar-refractivity contribution in [2.45, 2.75) is 38.6 Å². The third-order valence-electron chi connectivity index (χ3n) is 4.58. The summed E-state index contributed by atoms with van der Waals surface area (Å²) in [6, 6.07) is 5.54. The van der Waals surface area contributed by atoms with Crippen LogP contribution in [0.25, 0.3) is 0 Å². The minimum absolute atomic E-state index is 0.0198. The smallest absolute Gasteiger partial charge is 0.253 e. The van der Waals surface area contributed by atoms with Crippen LogP contribution in [-0.4, -0.2) is 37.6 Å². The van der Waals surface area contributed by atoms with Gasteiger partial charge < -0.3 is 14.4 Å². The van der Waals surface area contributed by atoms with Crippen LogP contribution >= 0.6 is 0 Å². The van der Waals surface area contributed by atoms with Crippen LogP contribution in [0.1, 0.15) is 43.0 Å². The molecule has 23 heavy (non-hydrogen) atoms. The van der Waals surface area contributed by atoms with E-state index in [0.717, 1.165) is 18.8 Å². The van der Waals surface area contributed by atoms with Crippen LogP contribution in [0, 0.1) is 18.3 Å². The van der Waals surface area contributed by atoms with E-state index in [1.165, 1.54) is 12.8 Å². The van der Waals surface area contributed by atoms with Crippen LogP contribution in [0.4, 0.5) is 0 Å². The second-order valence-corrected chi connectivity index (χ2v) is 6.19. The van der Waals surface area contributed by atoms with Gasteiger partial charge in [-0.1, -0.05) is 12.8 Å². The SMILES string of the molecule is C#CCOc1ccc(C(=O)N(C)C2CCC(C)CC2)cc1OC. The summed E-state index contributed by atoms with van der Waals surface area (Å²) >= 11 is 0. The molecule has 0 heterocycles. The van der Waals surface area contributed by atoms with Gasteiger partial charge in [0.15, 0.2) is 11.5 Å². The Morgan fingerprint density at radius 1 is 1.30 bits per heavy atom. The molecular formula is C19H25NO3. The number of nitrogens with zero attached hydrogens (tertiary/aromatic N) is 1. The second kappa shape index (κ2) is 7.92. The maximum Gasteiger partial charge on any atom is 0.253 e. The second-order valence-electron chi connectivity index (χ2n) is 6.19. The van der Waals surface area contributed by atoms with Gasteiger partial charge in [-0.3, -0.25) is 4.79 Å². The highest BCUT2D eigenvalue weighted by Crippen LogP contribution is 2.30. The topological polar surface area (TPSA) is 38.8 Å². The van der Waals surface area contributed by atoms with E-state index in [0.29, 0.717) is 23.1 Å². The van der Waals surface area contributed by atoms with E-state index in [4.69, 9.17) is 15.9 Å². The molecule has 1 aliphatic carbocycles. The van der Waals surface area contributed by atoms with Crippen LogP contribution in [0.2, 0.25) is 0 Å². The predicted molar refractivity (Wildman–Crippen MR) is 90.8 cm³/mol. The Balaban J connectivity index is 2.11. The molecule has 0 atom stereocenters. The first-order valence-electron chi connectivity index (χ1n) is 8.08. The minimum atomic E-state index is 0.0198. The van der Waals surface area contributed by atoms with Gasteiger partial charge in [-0.05, 0) is 49.8 Å². The van der Waals surface area contributed by atoms with Crippen LogP contribution in [-0.2, 0) is 0 Å². The van der Waals surface area contributed by atoms with Crippen molar-refractivity contribution >= 4 is 5.91 Å². The van der Waals surface area contributed by atoms with Crippen molar-refractivity contribution in [3.63, 3.8) is 0 Å². The van der Waals surface area contributed by atoms with Gasteiger partial charge in [0.05, 0.1) is 7.11 Å². The van der Waals surface area contributed by atoms with E-state index in [1.54, 1.807) is 25.3 Å². The number of rotatable bonds is 5. The molecule has 1 aromatic carbocycles. The van der Waals surface area contributed by atoms with Crippen molar-refractivity contribution in [3.05, 3.63) is 23.8 Å². The first-order valence-corrected chi connectivity index (χ1v) is 8.08. The zero-order valence-corrected chi connectivity index (χ0v) is 14.2. The number of amides is 1. The zero-order valence-electron chi connectivity index (χ0n) is 14.2. The number of benzene rings is 1. The lowest BCUT2D eigenvalue weighted by atomic mass is 9.86. The van der Waals surface area contributed by atoms with Crippen molar-refractivity contribution in [1.29, 1.82) is 0 Å². The number of ether oxygens (including phenoxy) is 2. The van der Waals surface area contributed by atoms with Crippen LogP contribution in [0.5, 0.6) is 11.5 Å². The molecule has 4 heteroatoms. The molecule has 0 spiro atoms. The summed E-state index contributed by atoms with van der Waals surface area (Å²) in [5.41, 5.74) is 0.607. The lowest BCUT2D eigenvalue weighted by Gasteiger charge is -2.33. The minimum Gasteiger partial charge on any atom is -0.493 e. The molecule has 1 fully saturated rings. The van der Waals surface area contributed by atoms with Gasteiger partial charge >= 0.3 is 0 Å². The lowest BCUT2D eigenvalue weighted by Crippen LogP contribution is -2.39. The summed E-state index contributed by atoms with van der Waals surface area (Å²) in [5, 5.41) is 0. The molecule has 0 N–H and O–H groups in total. The number of carbonyl (C=O) groups excluding carboxylic acids is 1. The molecule has 4 nitrogen and oxygen atoms in total. The fraction of sp³-hybridized carbons (Fsp3) is 0.526. The van der Waals surface area contributed by atoms with Crippen LogP contribution < -0.4 is 9.47 Å². The normalized spacial score (nSPS) is 20.4. The maximum atomic E-state index is 12.7. The summed E-state index contributed by atoms with van der Waals surface area (Å²) in [5.74, 6) is 4.28. The fourth-order valence-corrected chi connectivity index (χ4v) is 3.04. The molecule has 1 amide bonds. The molecule has 1 aliphatic rings. The average Bonchev–Trinajstić information content (AvgIpc) is 2.59. The van der Waals surface area contributed by atoms with E-state index in [2.05, 4.69) is 12.8 Å². The Morgan fingerprint density at radius 3 is 2.61 bits per heavy atom. The zero-order chi connectivity index (χ0) is 16.8. The lowest BCUT2D eigenvalue weighted by molar-refractivity contribution is 0.0679. The maximum absolute atomic E-state index is 12.7. The molecule has 0 unspecified atom stereocenters. The molecule has 0 saturated heterocycles. The Morgan fingerprint density at radius 2 is 2.00 bits per heavy atom. The summed E-state index contributed by atoms with van der Waals surface area (Å²) in [7, 11) is 3.44. The fourth-order valence-electron chi connectivity index (χ4n) is 3.04. The van der Waals surface area contributed by atoms with Gasteiger partial charge in [-0.2, -0.15) is 0 Å².